The van der Waals surface area contributed by atoms with E-state index in [1.54, 1.807) is 0 Å². The highest BCUT2D eigenvalue weighted by Crippen LogP contribution is 2.46. The molecular weight excluding hydrogens is 209 g/mol. The molecule has 0 spiro atoms. The molecule has 0 N–H and O–H groups in total. The third-order valence-corrected chi connectivity index (χ3v) is 4.72. The van der Waals surface area contributed by atoms with Crippen molar-refractivity contribution in [2.45, 2.75) is 64.2 Å². The van der Waals surface area contributed by atoms with E-state index in [2.05, 4.69) is 33.5 Å². The third-order valence-electron chi connectivity index (χ3n) is 4.72. The van der Waals surface area contributed by atoms with Crippen molar-refractivity contribution < 1.29 is 4.79 Å². The first-order valence-corrected chi connectivity index (χ1v) is 7.21. The number of carbonyl (C=O) groups excluding carboxylic acids is 1. The maximum Gasteiger partial charge on any atom is 0.226 e. The molecule has 2 fully saturated rings. The van der Waals surface area contributed by atoms with Crippen molar-refractivity contribution in [2.75, 3.05) is 6.54 Å². The van der Waals surface area contributed by atoms with Gasteiger partial charge in [0.25, 0.3) is 0 Å². The summed E-state index contributed by atoms with van der Waals surface area (Å²) in [5.74, 6) is 1.41. The number of fused-ring (bicyclic) bond motifs is 1. The van der Waals surface area contributed by atoms with Gasteiger partial charge in [0.1, 0.15) is 7.85 Å². The van der Waals surface area contributed by atoms with Gasteiger partial charge in [0.15, 0.2) is 0 Å². The summed E-state index contributed by atoms with van der Waals surface area (Å²) in [5.41, 5.74) is 0. The fraction of sp³-hybridized carbons (Fsp3) is 0.929. The molecule has 2 nitrogen and oxygen atoms in total. The van der Waals surface area contributed by atoms with Crippen LogP contribution in [0.5, 0.6) is 0 Å². The van der Waals surface area contributed by atoms with Crippen molar-refractivity contribution in [3.05, 3.63) is 0 Å². The molecule has 1 saturated heterocycles. The lowest BCUT2D eigenvalue weighted by molar-refractivity contribution is -0.143. The Labute approximate surface area is 107 Å². The highest BCUT2D eigenvalue weighted by Gasteiger charge is 2.41. The van der Waals surface area contributed by atoms with Gasteiger partial charge in [-0.2, -0.15) is 0 Å². The molecule has 0 radical (unpaired) electrons. The van der Waals surface area contributed by atoms with Gasteiger partial charge in [-0.3, -0.25) is 4.79 Å². The molecule has 96 valence electrons. The Balaban J connectivity index is 2.12. The Hall–Kier alpha value is -0.465. The summed E-state index contributed by atoms with van der Waals surface area (Å²) >= 11 is 0. The number of amides is 1. The summed E-state index contributed by atoms with van der Waals surface area (Å²) < 4.78 is 0. The summed E-state index contributed by atoms with van der Waals surface area (Å²) in [4.78, 5) is 14.6. The molecule has 0 bridgehead atoms. The second-order valence-electron chi connectivity index (χ2n) is 7.04. The van der Waals surface area contributed by atoms with Crippen molar-refractivity contribution in [2.24, 2.45) is 11.8 Å². The summed E-state index contributed by atoms with van der Waals surface area (Å²) in [7, 11) is 2.37. The maximum atomic E-state index is 12.5. The molecule has 0 aromatic carbocycles. The van der Waals surface area contributed by atoms with E-state index >= 15 is 0 Å². The third kappa shape index (κ3) is 2.69. The van der Waals surface area contributed by atoms with Gasteiger partial charge in [0.05, 0.1) is 0 Å². The standard InChI is InChI=1S/C14H26BNO/c1-10(2)16-8-6-11-9-14(3,15)7-4-5-12(11)13(16)17/h10-12H,4-9,15H2,1-3H3. The zero-order chi connectivity index (χ0) is 12.6. The smallest absolute Gasteiger partial charge is 0.226 e. The van der Waals surface area contributed by atoms with E-state index in [0.717, 1.165) is 13.0 Å². The molecule has 2 rings (SSSR count). The molecule has 1 aliphatic heterocycles. The van der Waals surface area contributed by atoms with Crippen LogP contribution in [0.15, 0.2) is 0 Å². The monoisotopic (exact) mass is 235 g/mol. The minimum atomic E-state index is 0.327. The van der Waals surface area contributed by atoms with Crippen molar-refractivity contribution >= 4 is 13.8 Å². The first-order chi connectivity index (χ1) is 7.91. The van der Waals surface area contributed by atoms with Crippen molar-refractivity contribution in [1.82, 2.24) is 4.90 Å². The van der Waals surface area contributed by atoms with Crippen LogP contribution in [0.1, 0.15) is 52.9 Å². The molecule has 1 saturated carbocycles. The van der Waals surface area contributed by atoms with Crippen LogP contribution in [0.4, 0.5) is 0 Å². The van der Waals surface area contributed by atoms with Crippen LogP contribution in [0.3, 0.4) is 0 Å². The number of carbonyl (C=O) groups is 1. The predicted octanol–water partition coefficient (Wildman–Crippen LogP) is 2.25. The number of hydrogen-bond donors (Lipinski definition) is 0. The van der Waals surface area contributed by atoms with E-state index in [0.29, 0.717) is 29.1 Å². The zero-order valence-corrected chi connectivity index (χ0v) is 11.8. The maximum absolute atomic E-state index is 12.5. The Bertz CT molecular complexity index is 301. The Morgan fingerprint density at radius 3 is 2.76 bits per heavy atom. The van der Waals surface area contributed by atoms with Crippen LogP contribution in [0.2, 0.25) is 5.31 Å². The summed E-state index contributed by atoms with van der Waals surface area (Å²) in [5, 5.41) is 0.444. The molecule has 0 aromatic heterocycles. The first-order valence-electron chi connectivity index (χ1n) is 7.21. The number of rotatable bonds is 1. The fourth-order valence-corrected chi connectivity index (χ4v) is 3.76. The summed E-state index contributed by atoms with van der Waals surface area (Å²) in [6.45, 7) is 7.63. The fourth-order valence-electron chi connectivity index (χ4n) is 3.76. The van der Waals surface area contributed by atoms with Crippen LogP contribution in [-0.4, -0.2) is 31.2 Å². The van der Waals surface area contributed by atoms with Crippen LogP contribution < -0.4 is 0 Å². The topological polar surface area (TPSA) is 20.3 Å². The summed E-state index contributed by atoms with van der Waals surface area (Å²) in [6.07, 6.45) is 6.10. The minimum absolute atomic E-state index is 0.327. The Morgan fingerprint density at radius 2 is 2.12 bits per heavy atom. The van der Waals surface area contributed by atoms with Crippen molar-refractivity contribution in [3.8, 4) is 0 Å². The quantitative estimate of drug-likeness (QED) is 0.638. The van der Waals surface area contributed by atoms with Gasteiger partial charge in [-0.15, -0.1) is 0 Å². The second-order valence-corrected chi connectivity index (χ2v) is 7.04. The van der Waals surface area contributed by atoms with Gasteiger partial charge in [0, 0.05) is 18.5 Å². The highest BCUT2D eigenvalue weighted by molar-refractivity contribution is 6.14. The van der Waals surface area contributed by atoms with Gasteiger partial charge < -0.3 is 4.90 Å². The molecule has 3 heteroatoms. The Morgan fingerprint density at radius 1 is 1.41 bits per heavy atom. The van der Waals surface area contributed by atoms with E-state index in [-0.39, 0.29) is 0 Å². The average molecular weight is 235 g/mol. The van der Waals surface area contributed by atoms with E-state index < -0.39 is 0 Å². The number of piperidine rings is 1. The molecule has 1 amide bonds. The predicted molar refractivity (Wildman–Crippen MR) is 73.8 cm³/mol. The normalized spacial score (nSPS) is 39.1. The van der Waals surface area contributed by atoms with E-state index in [4.69, 9.17) is 0 Å². The lowest BCUT2D eigenvalue weighted by Gasteiger charge is -2.40. The number of nitrogens with zero attached hydrogens (tertiary/aromatic N) is 1. The van der Waals surface area contributed by atoms with Gasteiger partial charge in [-0.25, -0.2) is 0 Å². The van der Waals surface area contributed by atoms with Gasteiger partial charge in [-0.1, -0.05) is 31.5 Å². The second kappa shape index (κ2) is 4.66. The number of likely N-dealkylation sites (tertiary alicyclic amines) is 1. The van der Waals surface area contributed by atoms with E-state index in [9.17, 15) is 4.79 Å². The van der Waals surface area contributed by atoms with Crippen LogP contribution in [0.25, 0.3) is 0 Å². The molecule has 3 atom stereocenters. The van der Waals surface area contributed by atoms with Gasteiger partial charge >= 0.3 is 0 Å². The SMILES string of the molecule is BC1(C)CCCC2C(=O)N(C(C)C)CCC2C1. The van der Waals surface area contributed by atoms with Crippen LogP contribution in [-0.2, 0) is 4.79 Å². The van der Waals surface area contributed by atoms with E-state index in [1.807, 2.05) is 0 Å². The van der Waals surface area contributed by atoms with Crippen LogP contribution >= 0.6 is 0 Å². The molecule has 2 aliphatic rings. The lowest BCUT2D eigenvalue weighted by atomic mass is 9.62. The molecule has 3 unspecified atom stereocenters. The van der Waals surface area contributed by atoms with Crippen LogP contribution in [0, 0.1) is 11.8 Å². The van der Waals surface area contributed by atoms with Gasteiger partial charge in [-0.05, 0) is 32.6 Å². The minimum Gasteiger partial charge on any atom is -0.340 e. The van der Waals surface area contributed by atoms with E-state index in [1.165, 1.54) is 25.7 Å². The average Bonchev–Trinajstić information content (AvgIpc) is 2.35. The first kappa shape index (κ1) is 13.0. The highest BCUT2D eigenvalue weighted by atomic mass is 16.2. The zero-order valence-electron chi connectivity index (χ0n) is 11.8. The molecule has 17 heavy (non-hydrogen) atoms. The van der Waals surface area contributed by atoms with Crippen molar-refractivity contribution in [1.29, 1.82) is 0 Å². The van der Waals surface area contributed by atoms with Crippen molar-refractivity contribution in [3.63, 3.8) is 0 Å². The molecule has 0 aromatic rings. The Kier molecular flexibility index (Phi) is 3.56. The number of hydrogen-bond acceptors (Lipinski definition) is 1. The van der Waals surface area contributed by atoms with Gasteiger partial charge in [0.2, 0.25) is 5.91 Å². The molecule has 1 aliphatic carbocycles. The largest absolute Gasteiger partial charge is 0.340 e. The lowest BCUT2D eigenvalue weighted by Crippen LogP contribution is -2.48. The summed E-state index contributed by atoms with van der Waals surface area (Å²) in [6, 6.07) is 0.375. The molecule has 1 heterocycles. The molecular formula is C14H26BNO.